The molecule has 0 saturated carbocycles. The van der Waals surface area contributed by atoms with E-state index in [4.69, 9.17) is 9.47 Å². The van der Waals surface area contributed by atoms with Crippen LogP contribution in [0.1, 0.15) is 111 Å². The number of rotatable bonds is 20. The van der Waals surface area contributed by atoms with Gasteiger partial charge in [-0.05, 0) is 53.0 Å². The summed E-state index contributed by atoms with van der Waals surface area (Å²) >= 11 is 1.16. The molecule has 1 heterocycles. The lowest BCUT2D eigenvalue weighted by Gasteiger charge is -2.35. The van der Waals surface area contributed by atoms with Crippen molar-refractivity contribution in [2.75, 3.05) is 13.7 Å². The van der Waals surface area contributed by atoms with E-state index in [0.29, 0.717) is 24.3 Å². The summed E-state index contributed by atoms with van der Waals surface area (Å²) in [7, 11) is 1.68. The highest BCUT2D eigenvalue weighted by Crippen LogP contribution is 2.44. The number of alkyl carbamates (subject to hydrolysis) is 1. The molecule has 0 spiro atoms. The number of likely N-dealkylation sites (N-methyl/N-ethyl adjacent to an activating group) is 1. The number of esters is 1. The highest BCUT2D eigenvalue weighted by molar-refractivity contribution is 7.09. The monoisotopic (exact) mass is 824 g/mol. The van der Waals surface area contributed by atoms with Crippen molar-refractivity contribution in [1.29, 1.82) is 0 Å². The third-order valence-corrected chi connectivity index (χ3v) is 11.8. The van der Waals surface area contributed by atoms with E-state index in [9.17, 15) is 29.1 Å². The van der Waals surface area contributed by atoms with Crippen LogP contribution in [0.5, 0.6) is 0 Å². The number of carboxylic acids is 1. The molecule has 5 atom stereocenters. The fourth-order valence-electron chi connectivity index (χ4n) is 7.77. The molecule has 0 bridgehead atoms. The first-order chi connectivity index (χ1) is 28.3. The van der Waals surface area contributed by atoms with E-state index < -0.39 is 54.1 Å². The summed E-state index contributed by atoms with van der Waals surface area (Å²) in [6.45, 7) is 8.96. The maximum Gasteiger partial charge on any atom is 0.407 e. The van der Waals surface area contributed by atoms with Crippen LogP contribution in [0.25, 0.3) is 11.1 Å². The summed E-state index contributed by atoms with van der Waals surface area (Å²) in [5.41, 5.74) is 5.48. The molecule has 3 amide bonds. The zero-order valence-corrected chi connectivity index (χ0v) is 35.5. The van der Waals surface area contributed by atoms with E-state index in [1.807, 2.05) is 87.5 Å². The van der Waals surface area contributed by atoms with Crippen LogP contribution in [-0.4, -0.2) is 76.6 Å². The number of carbonyl (C=O) groups excluding carboxylic acids is 4. The number of aromatic nitrogens is 1. The van der Waals surface area contributed by atoms with E-state index in [-0.39, 0.29) is 42.9 Å². The third kappa shape index (κ3) is 11.8. The Bertz CT molecular complexity index is 2020. The van der Waals surface area contributed by atoms with Crippen LogP contribution in [0.3, 0.4) is 0 Å². The molecular formula is C46H56N4O8S. The Morgan fingerprint density at radius 2 is 1.51 bits per heavy atom. The van der Waals surface area contributed by atoms with Gasteiger partial charge in [0.2, 0.25) is 5.91 Å². The van der Waals surface area contributed by atoms with Gasteiger partial charge in [-0.3, -0.25) is 19.2 Å². The molecule has 3 aromatic carbocycles. The lowest BCUT2D eigenvalue weighted by atomic mass is 9.95. The minimum absolute atomic E-state index is 0.0963. The molecule has 4 aromatic rings. The second kappa shape index (κ2) is 20.9. The van der Waals surface area contributed by atoms with Crippen LogP contribution in [0.15, 0.2) is 84.2 Å². The number of fused-ring (bicyclic) bond motifs is 3. The van der Waals surface area contributed by atoms with Gasteiger partial charge in [-0.2, -0.15) is 0 Å². The normalized spacial score (nSPS) is 14.6. The van der Waals surface area contributed by atoms with Crippen LogP contribution >= 0.6 is 11.3 Å². The molecule has 0 radical (unpaired) electrons. The largest absolute Gasteiger partial charge is 0.481 e. The number of carbonyl (C=O) groups is 5. The number of thiazole rings is 1. The molecule has 0 saturated heterocycles. The number of carboxylic acid groups (broad SMARTS) is 1. The number of nitrogens with one attached hydrogen (secondary N) is 2. The van der Waals surface area contributed by atoms with E-state index in [0.717, 1.165) is 45.6 Å². The second-order valence-electron chi connectivity index (χ2n) is 15.7. The number of aliphatic carboxylic acids is 1. The Kier molecular flexibility index (Phi) is 15.8. The summed E-state index contributed by atoms with van der Waals surface area (Å²) < 4.78 is 11.6. The second-order valence-corrected chi connectivity index (χ2v) is 16.6. The van der Waals surface area contributed by atoms with Crippen LogP contribution in [0, 0.1) is 11.8 Å². The fraction of sp³-hybridized carbons (Fsp3) is 0.435. The SMILES string of the molecule is CCCCC(NC(=O)OCC1c2ccccc2-c2ccccc21)C(=O)N(C)C(CC(OC(C)=O)c1nc(C(=O)NC(Cc2ccccc2)CC(C)C(=O)O)cs1)C(C)C. The first kappa shape index (κ1) is 44.5. The summed E-state index contributed by atoms with van der Waals surface area (Å²) in [5, 5.41) is 17.4. The molecule has 59 heavy (non-hydrogen) atoms. The number of amides is 3. The van der Waals surface area contributed by atoms with Crippen LogP contribution < -0.4 is 10.6 Å². The van der Waals surface area contributed by atoms with Crippen molar-refractivity contribution in [1.82, 2.24) is 20.5 Å². The standard InChI is InChI=1S/C46H56N4O8S/c1-7-8-22-38(49-46(56)57-26-37-35-20-14-12-18-33(35)34-19-13-15-21-36(34)37)44(53)50(6)40(28(2)3)25-41(58-30(5)51)43-48-39(27-59-43)42(52)47-32(23-29(4)45(54)55)24-31-16-10-9-11-17-31/h9-21,27-29,32,37-38,40-41H,7-8,22-26H2,1-6H3,(H,47,52)(H,49,56)(H,54,55). The third-order valence-electron chi connectivity index (χ3n) is 10.9. The quantitative estimate of drug-likeness (QED) is 0.0746. The number of unbranched alkanes of at least 4 members (excludes halogenated alkanes) is 1. The molecular weight excluding hydrogens is 769 g/mol. The highest BCUT2D eigenvalue weighted by Gasteiger charge is 2.35. The maximum atomic E-state index is 14.2. The predicted molar refractivity (Wildman–Crippen MR) is 227 cm³/mol. The first-order valence-corrected chi connectivity index (χ1v) is 21.2. The summed E-state index contributed by atoms with van der Waals surface area (Å²) in [6, 6.07) is 23.9. The molecule has 0 fully saturated rings. The van der Waals surface area contributed by atoms with Crippen molar-refractivity contribution in [2.24, 2.45) is 11.8 Å². The van der Waals surface area contributed by atoms with Crippen molar-refractivity contribution < 1.29 is 38.6 Å². The molecule has 13 heteroatoms. The number of ether oxygens (including phenoxy) is 2. The summed E-state index contributed by atoms with van der Waals surface area (Å²) in [6.07, 6.45) is 1.20. The van der Waals surface area contributed by atoms with Crippen molar-refractivity contribution in [2.45, 2.75) is 103 Å². The number of hydrogen-bond acceptors (Lipinski definition) is 9. The van der Waals surface area contributed by atoms with Crippen molar-refractivity contribution in [3.63, 3.8) is 0 Å². The van der Waals surface area contributed by atoms with Gasteiger partial charge in [0.15, 0.2) is 6.10 Å². The number of hydrogen-bond donors (Lipinski definition) is 3. The van der Waals surface area contributed by atoms with Gasteiger partial charge in [-0.15, -0.1) is 11.3 Å². The van der Waals surface area contributed by atoms with Gasteiger partial charge < -0.3 is 30.1 Å². The lowest BCUT2D eigenvalue weighted by molar-refractivity contribution is -0.148. The van der Waals surface area contributed by atoms with Gasteiger partial charge in [-0.25, -0.2) is 9.78 Å². The Balaban J connectivity index is 1.27. The molecule has 1 aliphatic rings. The van der Waals surface area contributed by atoms with E-state index >= 15 is 0 Å². The van der Waals surface area contributed by atoms with Gasteiger partial charge in [0, 0.05) is 43.8 Å². The molecule has 0 aliphatic heterocycles. The Morgan fingerprint density at radius 1 is 0.881 bits per heavy atom. The fourth-order valence-corrected chi connectivity index (χ4v) is 8.61. The van der Waals surface area contributed by atoms with E-state index in [1.165, 1.54) is 6.92 Å². The highest BCUT2D eigenvalue weighted by atomic mass is 32.1. The van der Waals surface area contributed by atoms with Crippen molar-refractivity contribution in [3.05, 3.63) is 112 Å². The zero-order valence-electron chi connectivity index (χ0n) is 34.7. The minimum Gasteiger partial charge on any atom is -0.481 e. The minimum atomic E-state index is -0.953. The predicted octanol–water partition coefficient (Wildman–Crippen LogP) is 8.17. The molecule has 5 unspecified atom stereocenters. The smallest absolute Gasteiger partial charge is 0.407 e. The Morgan fingerprint density at radius 3 is 2.10 bits per heavy atom. The van der Waals surface area contributed by atoms with Crippen molar-refractivity contribution >= 4 is 41.2 Å². The lowest BCUT2D eigenvalue weighted by Crippen LogP contribution is -2.52. The maximum absolute atomic E-state index is 14.2. The number of nitrogens with zero attached hydrogens (tertiary/aromatic N) is 2. The van der Waals surface area contributed by atoms with Crippen molar-refractivity contribution in [3.8, 4) is 11.1 Å². The van der Waals surface area contributed by atoms with Gasteiger partial charge in [-0.1, -0.05) is 119 Å². The van der Waals surface area contributed by atoms with Crippen LogP contribution in [0.2, 0.25) is 0 Å². The van der Waals surface area contributed by atoms with E-state index in [2.05, 4.69) is 27.8 Å². The molecule has 12 nitrogen and oxygen atoms in total. The molecule has 314 valence electrons. The van der Waals surface area contributed by atoms with E-state index in [1.54, 1.807) is 24.3 Å². The topological polar surface area (TPSA) is 164 Å². The summed E-state index contributed by atoms with van der Waals surface area (Å²) in [5.74, 6) is -3.18. The summed E-state index contributed by atoms with van der Waals surface area (Å²) in [4.78, 5) is 71.5. The molecule has 1 aromatic heterocycles. The van der Waals surface area contributed by atoms with Gasteiger partial charge in [0.25, 0.3) is 5.91 Å². The molecule has 1 aliphatic carbocycles. The van der Waals surface area contributed by atoms with Gasteiger partial charge in [0.05, 0.1) is 5.92 Å². The van der Waals surface area contributed by atoms with Crippen LogP contribution in [-0.2, 0) is 30.3 Å². The average Bonchev–Trinajstić information content (AvgIpc) is 3.83. The van der Waals surface area contributed by atoms with Crippen LogP contribution in [0.4, 0.5) is 4.79 Å². The zero-order chi connectivity index (χ0) is 42.6. The van der Waals surface area contributed by atoms with Gasteiger partial charge >= 0.3 is 18.0 Å². The first-order valence-electron chi connectivity index (χ1n) is 20.4. The average molecular weight is 825 g/mol. The Labute approximate surface area is 350 Å². The Hall–Kier alpha value is -5.56. The number of benzene rings is 3. The van der Waals surface area contributed by atoms with Gasteiger partial charge in [0.1, 0.15) is 23.4 Å². The molecule has 5 rings (SSSR count). The molecule has 3 N–H and O–H groups in total.